The predicted molar refractivity (Wildman–Crippen MR) is 139 cm³/mol. The van der Waals surface area contributed by atoms with Crippen molar-refractivity contribution in [3.05, 3.63) is 107 Å². The Morgan fingerprint density at radius 2 is 1.43 bits per heavy atom. The number of nitrogens with zero attached hydrogens (tertiary/aromatic N) is 1. The van der Waals surface area contributed by atoms with E-state index in [9.17, 15) is 22.9 Å². The topological polar surface area (TPSA) is 143 Å². The summed E-state index contributed by atoms with van der Waals surface area (Å²) in [6.45, 7) is -0.221. The van der Waals surface area contributed by atoms with Crippen LogP contribution in [0.5, 0.6) is 0 Å². The highest BCUT2D eigenvalue weighted by Gasteiger charge is 2.25. The minimum absolute atomic E-state index is 0.182. The molecule has 1 atom stereocenters. The van der Waals surface area contributed by atoms with E-state index in [1.165, 1.54) is 12.1 Å². The second-order valence-corrected chi connectivity index (χ2v) is 9.92. The highest BCUT2D eigenvalue weighted by Crippen LogP contribution is 2.12. The maximum Gasteiger partial charge on any atom is 0.240 e. The van der Waals surface area contributed by atoms with Gasteiger partial charge >= 0.3 is 0 Å². The van der Waals surface area contributed by atoms with E-state index in [2.05, 4.69) is 20.5 Å². The van der Waals surface area contributed by atoms with E-state index in [0.717, 1.165) is 11.1 Å². The van der Waals surface area contributed by atoms with Crippen molar-refractivity contribution in [3.8, 4) is 0 Å². The van der Waals surface area contributed by atoms with Crippen LogP contribution in [0.2, 0.25) is 0 Å². The molecule has 3 N–H and O–H groups in total. The lowest BCUT2D eigenvalue weighted by molar-refractivity contribution is -0.128. The maximum atomic E-state index is 12.8. The normalized spacial score (nSPS) is 11.9. The standard InChI is InChI=1S/C26H28N4O6S/c31-25(27-15-20-11-13-23(29-33)14-12-20)16-28-26(32)24(18-36-17-21-7-3-1-4-8-21)30-37(34,35)19-22-9-5-2-6-10-22/h1-14,24,30H,15-19H2,(H,27,31)(H,28,32)/t24-/m1/s1. The van der Waals surface area contributed by atoms with Crippen molar-refractivity contribution in [2.45, 2.75) is 24.9 Å². The summed E-state index contributed by atoms with van der Waals surface area (Å²) in [6, 6.07) is 22.9. The molecule has 194 valence electrons. The highest BCUT2D eigenvalue weighted by atomic mass is 32.2. The van der Waals surface area contributed by atoms with Crippen LogP contribution in [-0.4, -0.2) is 39.4 Å². The number of ether oxygens (including phenoxy) is 1. The van der Waals surface area contributed by atoms with Crippen molar-refractivity contribution in [1.29, 1.82) is 0 Å². The number of sulfonamides is 1. The summed E-state index contributed by atoms with van der Waals surface area (Å²) in [6.07, 6.45) is 0. The van der Waals surface area contributed by atoms with Crippen molar-refractivity contribution in [3.63, 3.8) is 0 Å². The molecule has 0 aliphatic carbocycles. The molecule has 3 aromatic rings. The average Bonchev–Trinajstić information content (AvgIpc) is 2.91. The second-order valence-electron chi connectivity index (χ2n) is 8.17. The van der Waals surface area contributed by atoms with Gasteiger partial charge < -0.3 is 15.4 Å². The van der Waals surface area contributed by atoms with E-state index >= 15 is 0 Å². The molecule has 10 nitrogen and oxygen atoms in total. The molecule has 0 radical (unpaired) electrons. The monoisotopic (exact) mass is 524 g/mol. The molecule has 11 heteroatoms. The minimum Gasteiger partial charge on any atom is -0.375 e. The van der Waals surface area contributed by atoms with Gasteiger partial charge in [0.05, 0.1) is 25.5 Å². The number of benzene rings is 3. The van der Waals surface area contributed by atoms with Gasteiger partial charge in [-0.15, -0.1) is 4.91 Å². The summed E-state index contributed by atoms with van der Waals surface area (Å²) < 4.78 is 33.5. The molecule has 3 aromatic carbocycles. The molecule has 3 rings (SSSR count). The fourth-order valence-corrected chi connectivity index (χ4v) is 4.64. The number of hydrogen-bond donors (Lipinski definition) is 3. The van der Waals surface area contributed by atoms with Gasteiger partial charge in [0.2, 0.25) is 21.8 Å². The lowest BCUT2D eigenvalue weighted by atomic mass is 10.2. The zero-order valence-electron chi connectivity index (χ0n) is 20.0. The van der Waals surface area contributed by atoms with Crippen molar-refractivity contribution < 1.29 is 22.7 Å². The van der Waals surface area contributed by atoms with E-state index in [1.54, 1.807) is 42.5 Å². The highest BCUT2D eigenvalue weighted by molar-refractivity contribution is 7.88. The zero-order valence-corrected chi connectivity index (χ0v) is 20.8. The largest absolute Gasteiger partial charge is 0.375 e. The molecule has 0 fully saturated rings. The van der Waals surface area contributed by atoms with Crippen molar-refractivity contribution in [1.82, 2.24) is 15.4 Å². The van der Waals surface area contributed by atoms with Crippen molar-refractivity contribution in [2.24, 2.45) is 5.18 Å². The quantitative estimate of drug-likeness (QED) is 0.277. The van der Waals surface area contributed by atoms with E-state index in [-0.39, 0.29) is 37.7 Å². The van der Waals surface area contributed by atoms with Crippen LogP contribution < -0.4 is 15.4 Å². The van der Waals surface area contributed by atoms with E-state index in [0.29, 0.717) is 5.56 Å². The lowest BCUT2D eigenvalue weighted by Gasteiger charge is -2.19. The summed E-state index contributed by atoms with van der Waals surface area (Å²) in [5, 5.41) is 7.92. The van der Waals surface area contributed by atoms with Gasteiger partial charge in [-0.2, -0.15) is 0 Å². The number of nitrogens with one attached hydrogen (secondary N) is 3. The first-order valence-corrected chi connectivity index (χ1v) is 13.1. The van der Waals surface area contributed by atoms with Crippen LogP contribution in [0.25, 0.3) is 0 Å². The summed E-state index contributed by atoms with van der Waals surface area (Å²) in [5.74, 6) is -1.47. The molecule has 37 heavy (non-hydrogen) atoms. The number of rotatable bonds is 14. The Morgan fingerprint density at radius 1 is 0.811 bits per heavy atom. The Kier molecular flexibility index (Phi) is 10.4. The number of hydrogen-bond acceptors (Lipinski definition) is 7. The molecule has 2 amide bonds. The maximum absolute atomic E-state index is 12.8. The summed E-state index contributed by atoms with van der Waals surface area (Å²) >= 11 is 0. The molecule has 0 aliphatic rings. The van der Waals surface area contributed by atoms with Crippen LogP contribution in [-0.2, 0) is 43.3 Å². The summed E-state index contributed by atoms with van der Waals surface area (Å²) in [5.41, 5.74) is 2.45. The smallest absolute Gasteiger partial charge is 0.240 e. The lowest BCUT2D eigenvalue weighted by Crippen LogP contribution is -2.51. The van der Waals surface area contributed by atoms with E-state index in [1.807, 2.05) is 30.3 Å². The van der Waals surface area contributed by atoms with Gasteiger partial charge in [0.15, 0.2) is 0 Å². The molecular weight excluding hydrogens is 496 g/mol. The van der Waals surface area contributed by atoms with Crippen LogP contribution >= 0.6 is 0 Å². The molecule has 0 heterocycles. The van der Waals surface area contributed by atoms with Crippen LogP contribution in [0, 0.1) is 4.91 Å². The predicted octanol–water partition coefficient (Wildman–Crippen LogP) is 2.52. The number of nitroso groups, excluding NO2 is 1. The molecule has 0 unspecified atom stereocenters. The Bertz CT molecular complexity index is 1270. The third-order valence-corrected chi connectivity index (χ3v) is 6.55. The van der Waals surface area contributed by atoms with Gasteiger partial charge in [-0.25, -0.2) is 13.1 Å². The van der Waals surface area contributed by atoms with Crippen molar-refractivity contribution in [2.75, 3.05) is 13.2 Å². The van der Waals surface area contributed by atoms with E-state index in [4.69, 9.17) is 4.74 Å². The van der Waals surface area contributed by atoms with E-state index < -0.39 is 27.9 Å². The van der Waals surface area contributed by atoms with Gasteiger partial charge in [0.1, 0.15) is 11.7 Å². The van der Waals surface area contributed by atoms with Gasteiger partial charge in [-0.1, -0.05) is 72.8 Å². The first kappa shape index (κ1) is 27.7. The average molecular weight is 525 g/mol. The first-order valence-electron chi connectivity index (χ1n) is 11.5. The van der Waals surface area contributed by atoms with Crippen LogP contribution in [0.3, 0.4) is 0 Å². The Morgan fingerprint density at radius 3 is 2.05 bits per heavy atom. The minimum atomic E-state index is -3.89. The molecule has 0 bridgehead atoms. The van der Waals surface area contributed by atoms with Gasteiger partial charge in [-0.05, 0) is 34.0 Å². The van der Waals surface area contributed by atoms with Crippen molar-refractivity contribution >= 4 is 27.5 Å². The number of amides is 2. The molecule has 0 aromatic heterocycles. The molecule has 0 spiro atoms. The van der Waals surface area contributed by atoms with Gasteiger partial charge in [0, 0.05) is 6.54 Å². The summed E-state index contributed by atoms with van der Waals surface area (Å²) in [7, 11) is -3.89. The van der Waals surface area contributed by atoms with Crippen LogP contribution in [0.15, 0.2) is 90.1 Å². The molecule has 0 saturated carbocycles. The van der Waals surface area contributed by atoms with Crippen LogP contribution in [0.1, 0.15) is 16.7 Å². The summed E-state index contributed by atoms with van der Waals surface area (Å²) in [4.78, 5) is 35.5. The molecular formula is C26H28N4O6S. The van der Waals surface area contributed by atoms with Gasteiger partial charge in [0.25, 0.3) is 0 Å². The molecule has 0 aliphatic heterocycles. The first-order chi connectivity index (χ1) is 17.8. The number of carbonyl (C=O) groups is 2. The Balaban J connectivity index is 1.56. The SMILES string of the molecule is O=Nc1ccc(CNC(=O)CNC(=O)[C@@H](COCc2ccccc2)NS(=O)(=O)Cc2ccccc2)cc1. The number of carbonyl (C=O) groups excluding carboxylic acids is 2. The Labute approximate surface area is 215 Å². The van der Waals surface area contributed by atoms with Gasteiger partial charge in [-0.3, -0.25) is 9.59 Å². The third kappa shape index (κ3) is 9.92. The fourth-order valence-electron chi connectivity index (χ4n) is 3.31. The molecule has 0 saturated heterocycles. The van der Waals surface area contributed by atoms with Crippen LogP contribution in [0.4, 0.5) is 5.69 Å². The zero-order chi connectivity index (χ0) is 26.5. The second kappa shape index (κ2) is 14.0. The third-order valence-electron chi connectivity index (χ3n) is 5.19. The Hall–Kier alpha value is -3.93. The fraction of sp³-hybridized carbons (Fsp3) is 0.231.